The molecule has 0 N–H and O–H groups in total. The molecule has 0 bridgehead atoms. The summed E-state index contributed by atoms with van der Waals surface area (Å²) in [6, 6.07) is 0. The van der Waals surface area contributed by atoms with Crippen LogP contribution in [0.2, 0.25) is 0 Å². The maximum absolute atomic E-state index is 2.68. The molecule has 0 aromatic rings. The lowest BCUT2D eigenvalue weighted by Gasteiger charge is -2.33. The van der Waals surface area contributed by atoms with E-state index < -0.39 is 0 Å². The fourth-order valence-corrected chi connectivity index (χ4v) is 5.13. The molecule has 1 aliphatic rings. The van der Waals surface area contributed by atoms with Crippen molar-refractivity contribution in [3.63, 3.8) is 0 Å². The first-order valence-corrected chi connectivity index (χ1v) is 15.0. The second-order valence-corrected chi connectivity index (χ2v) is 10.4. The van der Waals surface area contributed by atoms with Gasteiger partial charge in [-0.2, -0.15) is 0 Å². The fraction of sp³-hybridized carbons (Fsp3) is 0.933. The number of hydrogen-bond acceptors (Lipinski definition) is 2. The standard InChI is InChI=1S/C30H60N2/c1-4-7-10-13-15-16-17-18-21-24-27-32-29-28-31(26-23-20-14-11-8-5-2)30(32)25-22-19-12-9-6-3/h28-30H,4-27H2,1-3H3. The summed E-state index contributed by atoms with van der Waals surface area (Å²) in [5.41, 5.74) is 0. The fourth-order valence-electron chi connectivity index (χ4n) is 5.13. The van der Waals surface area contributed by atoms with Gasteiger partial charge in [0, 0.05) is 25.5 Å². The van der Waals surface area contributed by atoms with Crippen molar-refractivity contribution in [1.82, 2.24) is 9.80 Å². The molecule has 2 nitrogen and oxygen atoms in total. The Morgan fingerprint density at radius 2 is 0.719 bits per heavy atom. The van der Waals surface area contributed by atoms with Crippen LogP contribution in [0, 0.1) is 0 Å². The second kappa shape index (κ2) is 22.1. The van der Waals surface area contributed by atoms with Crippen LogP contribution in [0.5, 0.6) is 0 Å². The largest absolute Gasteiger partial charge is 0.356 e. The predicted molar refractivity (Wildman–Crippen MR) is 145 cm³/mol. The van der Waals surface area contributed by atoms with Crippen molar-refractivity contribution in [3.05, 3.63) is 12.4 Å². The van der Waals surface area contributed by atoms with E-state index in [0.29, 0.717) is 6.17 Å². The first-order valence-electron chi connectivity index (χ1n) is 15.0. The molecule has 1 aliphatic heterocycles. The monoisotopic (exact) mass is 448 g/mol. The first kappa shape index (κ1) is 29.4. The molecule has 1 heterocycles. The summed E-state index contributed by atoms with van der Waals surface area (Å²) in [5.74, 6) is 0. The average Bonchev–Trinajstić information content (AvgIpc) is 3.18. The van der Waals surface area contributed by atoms with Gasteiger partial charge < -0.3 is 9.80 Å². The smallest absolute Gasteiger partial charge is 0.101 e. The van der Waals surface area contributed by atoms with Gasteiger partial charge in [0.15, 0.2) is 0 Å². The van der Waals surface area contributed by atoms with Crippen LogP contribution in [0.1, 0.15) is 162 Å². The van der Waals surface area contributed by atoms with E-state index in [4.69, 9.17) is 0 Å². The second-order valence-electron chi connectivity index (χ2n) is 10.4. The summed E-state index contributed by atoms with van der Waals surface area (Å²) in [5, 5.41) is 0. The van der Waals surface area contributed by atoms with Crippen molar-refractivity contribution in [3.8, 4) is 0 Å². The van der Waals surface area contributed by atoms with Crippen molar-refractivity contribution in [1.29, 1.82) is 0 Å². The van der Waals surface area contributed by atoms with Gasteiger partial charge in [0.1, 0.15) is 6.17 Å². The summed E-state index contributed by atoms with van der Waals surface area (Å²) in [6.45, 7) is 9.46. The molecule has 32 heavy (non-hydrogen) atoms. The number of rotatable bonds is 24. The van der Waals surface area contributed by atoms with Gasteiger partial charge in [0.25, 0.3) is 0 Å². The topological polar surface area (TPSA) is 6.48 Å². The van der Waals surface area contributed by atoms with Gasteiger partial charge >= 0.3 is 0 Å². The number of hydrogen-bond donors (Lipinski definition) is 0. The maximum Gasteiger partial charge on any atom is 0.101 e. The highest BCUT2D eigenvalue weighted by molar-refractivity contribution is 4.97. The highest BCUT2D eigenvalue weighted by Crippen LogP contribution is 2.23. The van der Waals surface area contributed by atoms with E-state index in [1.165, 1.54) is 154 Å². The summed E-state index contributed by atoms with van der Waals surface area (Å²) < 4.78 is 0. The molecule has 0 aliphatic carbocycles. The van der Waals surface area contributed by atoms with Crippen LogP contribution in [0.25, 0.3) is 0 Å². The Hall–Kier alpha value is -0.660. The summed E-state index contributed by atoms with van der Waals surface area (Å²) in [4.78, 5) is 5.36. The van der Waals surface area contributed by atoms with Gasteiger partial charge in [-0.25, -0.2) is 0 Å². The Kier molecular flexibility index (Phi) is 20.3. The lowest BCUT2D eigenvalue weighted by atomic mass is 10.1. The van der Waals surface area contributed by atoms with Crippen molar-refractivity contribution in [2.45, 2.75) is 168 Å². The van der Waals surface area contributed by atoms with Crippen LogP contribution in [-0.4, -0.2) is 29.1 Å². The van der Waals surface area contributed by atoms with E-state index in [9.17, 15) is 0 Å². The van der Waals surface area contributed by atoms with E-state index in [2.05, 4.69) is 43.0 Å². The van der Waals surface area contributed by atoms with Crippen LogP contribution in [0.3, 0.4) is 0 Å². The van der Waals surface area contributed by atoms with Gasteiger partial charge in [-0.05, 0) is 25.7 Å². The third kappa shape index (κ3) is 15.2. The Bertz CT molecular complexity index is 406. The molecule has 0 amide bonds. The van der Waals surface area contributed by atoms with Crippen molar-refractivity contribution in [2.75, 3.05) is 13.1 Å². The highest BCUT2D eigenvalue weighted by atomic mass is 15.4. The van der Waals surface area contributed by atoms with E-state index in [-0.39, 0.29) is 0 Å². The molecule has 190 valence electrons. The summed E-state index contributed by atoms with van der Waals surface area (Å²) in [7, 11) is 0. The molecule has 0 spiro atoms. The molecule has 1 atom stereocenters. The minimum atomic E-state index is 0.644. The lowest BCUT2D eigenvalue weighted by Crippen LogP contribution is -2.39. The molecule has 0 aromatic carbocycles. The minimum Gasteiger partial charge on any atom is -0.356 e. The first-order chi connectivity index (χ1) is 15.8. The maximum atomic E-state index is 2.68. The molecule has 0 fully saturated rings. The number of unbranched alkanes of at least 4 members (excludes halogenated alkanes) is 18. The highest BCUT2D eigenvalue weighted by Gasteiger charge is 2.24. The van der Waals surface area contributed by atoms with Crippen LogP contribution in [-0.2, 0) is 0 Å². The Morgan fingerprint density at radius 1 is 0.406 bits per heavy atom. The van der Waals surface area contributed by atoms with Gasteiger partial charge in [-0.15, -0.1) is 0 Å². The molecule has 2 heteroatoms. The van der Waals surface area contributed by atoms with Gasteiger partial charge in [-0.1, -0.05) is 136 Å². The molecule has 0 radical (unpaired) electrons. The van der Waals surface area contributed by atoms with Crippen LogP contribution in [0.4, 0.5) is 0 Å². The third-order valence-corrected chi connectivity index (χ3v) is 7.32. The molecular formula is C30H60N2. The van der Waals surface area contributed by atoms with Crippen molar-refractivity contribution in [2.24, 2.45) is 0 Å². The molecular weight excluding hydrogens is 388 g/mol. The Balaban J connectivity index is 2.23. The molecule has 1 rings (SSSR count). The van der Waals surface area contributed by atoms with E-state index in [1.54, 1.807) is 0 Å². The van der Waals surface area contributed by atoms with E-state index in [1.807, 2.05) is 0 Å². The van der Waals surface area contributed by atoms with E-state index >= 15 is 0 Å². The zero-order valence-corrected chi connectivity index (χ0v) is 22.6. The predicted octanol–water partition coefficient (Wildman–Crippen LogP) is 10.0. The Morgan fingerprint density at radius 3 is 1.09 bits per heavy atom. The number of nitrogens with zero attached hydrogens (tertiary/aromatic N) is 2. The van der Waals surface area contributed by atoms with Crippen LogP contribution < -0.4 is 0 Å². The molecule has 0 aromatic heterocycles. The van der Waals surface area contributed by atoms with E-state index in [0.717, 1.165) is 0 Å². The van der Waals surface area contributed by atoms with Gasteiger partial charge in [0.05, 0.1) is 0 Å². The zero-order chi connectivity index (χ0) is 23.1. The molecule has 0 saturated carbocycles. The summed E-state index contributed by atoms with van der Waals surface area (Å²) in [6.07, 6.45) is 36.5. The normalized spacial score (nSPS) is 15.9. The zero-order valence-electron chi connectivity index (χ0n) is 22.6. The molecule has 0 saturated heterocycles. The lowest BCUT2D eigenvalue weighted by molar-refractivity contribution is 0.135. The van der Waals surface area contributed by atoms with Crippen LogP contribution in [0.15, 0.2) is 12.4 Å². The van der Waals surface area contributed by atoms with Gasteiger partial charge in [0.2, 0.25) is 0 Å². The quantitative estimate of drug-likeness (QED) is 0.135. The van der Waals surface area contributed by atoms with Crippen LogP contribution >= 0.6 is 0 Å². The average molecular weight is 449 g/mol. The summed E-state index contributed by atoms with van der Waals surface area (Å²) >= 11 is 0. The molecule has 1 unspecified atom stereocenters. The van der Waals surface area contributed by atoms with Crippen molar-refractivity contribution >= 4 is 0 Å². The third-order valence-electron chi connectivity index (χ3n) is 7.32. The SMILES string of the molecule is CCCCCCCCCCCCN1C=CN(CCCCCCCC)C1CCCCCCC. The van der Waals surface area contributed by atoms with Crippen molar-refractivity contribution < 1.29 is 0 Å². The Labute approximate surface area is 203 Å². The minimum absolute atomic E-state index is 0.644. The van der Waals surface area contributed by atoms with Gasteiger partial charge in [-0.3, -0.25) is 0 Å².